The molecule has 3 nitrogen and oxygen atoms in total. The first-order valence-electron chi connectivity index (χ1n) is 17.4. The van der Waals surface area contributed by atoms with Crippen LogP contribution in [0.4, 0.5) is 0 Å². The summed E-state index contributed by atoms with van der Waals surface area (Å²) in [6.45, 7) is 0. The van der Waals surface area contributed by atoms with Crippen LogP contribution in [-0.2, 0) is 0 Å². The second-order valence-corrected chi connectivity index (χ2v) is 13.3. The van der Waals surface area contributed by atoms with Gasteiger partial charge in [0.2, 0.25) is 0 Å². The van der Waals surface area contributed by atoms with Gasteiger partial charge >= 0.3 is 0 Å². The molecule has 0 radical (unpaired) electrons. The van der Waals surface area contributed by atoms with E-state index in [-0.39, 0.29) is 0 Å². The highest BCUT2D eigenvalue weighted by atomic mass is 16.3. The summed E-state index contributed by atoms with van der Waals surface area (Å²) in [6, 6.07) is 65.5. The minimum atomic E-state index is 0.900. The standard InChI is InChI=1S/C48H30N2O/c1-2-12-31(13-3-1)32-24-26-33(27-25-32)34-14-10-15-35(28-34)49-42-20-7-4-16-36(42)40-30-46-41(29-45(40)49)37-17-5-8-21-43(37)50(46)44-22-11-19-39-38-18-6-9-23-47(38)51-48(39)44/h1-30H. The molecule has 3 heteroatoms. The lowest BCUT2D eigenvalue weighted by molar-refractivity contribution is 0.666. The van der Waals surface area contributed by atoms with E-state index >= 15 is 0 Å². The number of nitrogens with zero attached hydrogens (tertiary/aromatic N) is 2. The second-order valence-electron chi connectivity index (χ2n) is 13.3. The molecule has 11 rings (SSSR count). The normalized spacial score (nSPS) is 11.9. The Balaban J connectivity index is 1.14. The van der Waals surface area contributed by atoms with E-state index in [1.807, 2.05) is 6.07 Å². The van der Waals surface area contributed by atoms with Gasteiger partial charge in [-0.1, -0.05) is 133 Å². The van der Waals surface area contributed by atoms with Gasteiger partial charge in [0.1, 0.15) is 5.58 Å². The maximum Gasteiger partial charge on any atom is 0.159 e. The van der Waals surface area contributed by atoms with Crippen LogP contribution in [0.25, 0.3) is 99.2 Å². The highest BCUT2D eigenvalue weighted by Crippen LogP contribution is 2.42. The van der Waals surface area contributed by atoms with Crippen molar-refractivity contribution in [2.24, 2.45) is 0 Å². The van der Waals surface area contributed by atoms with Crippen LogP contribution in [0.5, 0.6) is 0 Å². The molecule has 3 aromatic heterocycles. The lowest BCUT2D eigenvalue weighted by atomic mass is 10.00. The van der Waals surface area contributed by atoms with E-state index in [0.29, 0.717) is 0 Å². The molecule has 0 amide bonds. The van der Waals surface area contributed by atoms with Crippen LogP contribution in [0.2, 0.25) is 0 Å². The van der Waals surface area contributed by atoms with Crippen molar-refractivity contribution < 1.29 is 4.42 Å². The van der Waals surface area contributed by atoms with Gasteiger partial charge in [-0.15, -0.1) is 0 Å². The van der Waals surface area contributed by atoms with E-state index in [9.17, 15) is 0 Å². The van der Waals surface area contributed by atoms with Crippen molar-refractivity contribution in [3.63, 3.8) is 0 Å². The number of aromatic nitrogens is 2. The number of benzene rings is 8. The molecule has 8 aromatic carbocycles. The first kappa shape index (κ1) is 28.0. The average molecular weight is 651 g/mol. The van der Waals surface area contributed by atoms with Crippen LogP contribution in [0.1, 0.15) is 0 Å². The Morgan fingerprint density at radius 1 is 0.314 bits per heavy atom. The quantitative estimate of drug-likeness (QED) is 0.186. The van der Waals surface area contributed by atoms with Crippen molar-refractivity contribution in [2.75, 3.05) is 0 Å². The molecule has 0 atom stereocenters. The number of fused-ring (bicyclic) bond motifs is 9. The van der Waals surface area contributed by atoms with E-state index < -0.39 is 0 Å². The van der Waals surface area contributed by atoms with Crippen molar-refractivity contribution in [3.8, 4) is 33.6 Å². The fraction of sp³-hybridized carbons (Fsp3) is 0. The van der Waals surface area contributed by atoms with Gasteiger partial charge in [0, 0.05) is 38.0 Å². The predicted molar refractivity (Wildman–Crippen MR) is 213 cm³/mol. The van der Waals surface area contributed by atoms with E-state index in [4.69, 9.17) is 4.42 Å². The van der Waals surface area contributed by atoms with Crippen molar-refractivity contribution in [3.05, 3.63) is 182 Å². The summed E-state index contributed by atoms with van der Waals surface area (Å²) in [5.74, 6) is 0. The van der Waals surface area contributed by atoms with E-state index in [1.165, 1.54) is 54.8 Å². The van der Waals surface area contributed by atoms with E-state index in [0.717, 1.165) is 44.3 Å². The number of para-hydroxylation sites is 4. The molecule has 3 heterocycles. The lowest BCUT2D eigenvalue weighted by Crippen LogP contribution is -1.95. The molecule has 0 aliphatic carbocycles. The fourth-order valence-electron chi connectivity index (χ4n) is 8.19. The van der Waals surface area contributed by atoms with Crippen molar-refractivity contribution >= 4 is 65.6 Å². The van der Waals surface area contributed by atoms with Crippen LogP contribution in [0.15, 0.2) is 186 Å². The van der Waals surface area contributed by atoms with Crippen LogP contribution < -0.4 is 0 Å². The van der Waals surface area contributed by atoms with Gasteiger partial charge in [0.15, 0.2) is 5.58 Å². The predicted octanol–water partition coefficient (Wildman–Crippen LogP) is 13.1. The third-order valence-corrected chi connectivity index (χ3v) is 10.5. The number of rotatable bonds is 4. The topological polar surface area (TPSA) is 23.0 Å². The molecule has 0 fully saturated rings. The molecular weight excluding hydrogens is 621 g/mol. The Morgan fingerprint density at radius 2 is 0.843 bits per heavy atom. The van der Waals surface area contributed by atoms with Gasteiger partial charge in [-0.25, -0.2) is 0 Å². The number of furan rings is 1. The summed E-state index contributed by atoms with van der Waals surface area (Å²) in [5, 5.41) is 7.13. The number of hydrogen-bond acceptors (Lipinski definition) is 1. The summed E-state index contributed by atoms with van der Waals surface area (Å²) < 4.78 is 11.4. The first-order valence-corrected chi connectivity index (χ1v) is 17.4. The van der Waals surface area contributed by atoms with Gasteiger partial charge < -0.3 is 13.6 Å². The van der Waals surface area contributed by atoms with E-state index in [2.05, 4.69) is 185 Å². The van der Waals surface area contributed by atoms with Gasteiger partial charge in [-0.2, -0.15) is 0 Å². The zero-order valence-electron chi connectivity index (χ0n) is 27.6. The molecular formula is C48H30N2O. The smallest absolute Gasteiger partial charge is 0.159 e. The van der Waals surface area contributed by atoms with Gasteiger partial charge in [0.05, 0.1) is 27.8 Å². The van der Waals surface area contributed by atoms with Gasteiger partial charge in [-0.05, 0) is 70.8 Å². The summed E-state index contributed by atoms with van der Waals surface area (Å²) in [6.07, 6.45) is 0. The maximum atomic E-state index is 6.58. The Morgan fingerprint density at radius 3 is 1.59 bits per heavy atom. The molecule has 0 spiro atoms. The monoisotopic (exact) mass is 650 g/mol. The van der Waals surface area contributed by atoms with Crippen molar-refractivity contribution in [1.82, 2.24) is 9.13 Å². The maximum absolute atomic E-state index is 6.58. The molecule has 0 bridgehead atoms. The van der Waals surface area contributed by atoms with Crippen LogP contribution in [0.3, 0.4) is 0 Å². The van der Waals surface area contributed by atoms with Crippen molar-refractivity contribution in [1.29, 1.82) is 0 Å². The van der Waals surface area contributed by atoms with Crippen LogP contribution >= 0.6 is 0 Å². The summed E-state index contributed by atoms with van der Waals surface area (Å²) in [5.41, 5.74) is 13.5. The molecule has 238 valence electrons. The summed E-state index contributed by atoms with van der Waals surface area (Å²) in [7, 11) is 0. The molecule has 0 aliphatic rings. The zero-order chi connectivity index (χ0) is 33.5. The minimum absolute atomic E-state index is 0.900. The molecule has 11 aromatic rings. The zero-order valence-corrected chi connectivity index (χ0v) is 27.6. The Bertz CT molecular complexity index is 3120. The van der Waals surface area contributed by atoms with Gasteiger partial charge in [-0.3, -0.25) is 0 Å². The highest BCUT2D eigenvalue weighted by Gasteiger charge is 2.21. The third kappa shape index (κ3) is 4.19. The van der Waals surface area contributed by atoms with Crippen molar-refractivity contribution in [2.45, 2.75) is 0 Å². The third-order valence-electron chi connectivity index (χ3n) is 10.5. The van der Waals surface area contributed by atoms with E-state index in [1.54, 1.807) is 0 Å². The van der Waals surface area contributed by atoms with Crippen LogP contribution in [-0.4, -0.2) is 9.13 Å². The van der Waals surface area contributed by atoms with Crippen LogP contribution in [0, 0.1) is 0 Å². The van der Waals surface area contributed by atoms with Gasteiger partial charge in [0.25, 0.3) is 0 Å². The highest BCUT2D eigenvalue weighted by molar-refractivity contribution is 6.20. The second kappa shape index (κ2) is 10.8. The largest absolute Gasteiger partial charge is 0.454 e. The molecule has 0 saturated heterocycles. The minimum Gasteiger partial charge on any atom is -0.454 e. The molecule has 0 N–H and O–H groups in total. The Kier molecular flexibility index (Phi) is 5.96. The molecule has 0 aliphatic heterocycles. The SMILES string of the molecule is c1ccc(-c2ccc(-c3cccc(-n4c5ccccc5c5cc6c(cc54)c4ccccc4n6-c4cccc5c4oc4ccccc45)c3)cc2)cc1. The average Bonchev–Trinajstić information content (AvgIpc) is 3.85. The fourth-order valence-corrected chi connectivity index (χ4v) is 8.19. The number of hydrogen-bond donors (Lipinski definition) is 0. The first-order chi connectivity index (χ1) is 25.3. The lowest BCUT2D eigenvalue weighted by Gasteiger charge is -2.11. The summed E-state index contributed by atoms with van der Waals surface area (Å²) in [4.78, 5) is 0. The molecule has 51 heavy (non-hydrogen) atoms. The Labute approximate surface area is 293 Å². The molecule has 0 saturated carbocycles. The summed E-state index contributed by atoms with van der Waals surface area (Å²) >= 11 is 0. The Hall–Kier alpha value is -6.84. The molecule has 0 unspecified atom stereocenters.